The summed E-state index contributed by atoms with van der Waals surface area (Å²) in [6, 6.07) is 12.0. The Bertz CT molecular complexity index is 747. The molecule has 0 atom stereocenters. The van der Waals surface area contributed by atoms with Crippen LogP contribution < -0.4 is 16.0 Å². The molecule has 0 unspecified atom stereocenters. The molecule has 0 aliphatic carbocycles. The smallest absolute Gasteiger partial charge is 0.321 e. The number of nitrogens with zero attached hydrogens (tertiary/aromatic N) is 1. The maximum atomic E-state index is 12.9. The van der Waals surface area contributed by atoms with Crippen LogP contribution in [0.1, 0.15) is 10.4 Å². The average molecular weight is 379 g/mol. The van der Waals surface area contributed by atoms with Crippen molar-refractivity contribution in [3.63, 3.8) is 0 Å². The van der Waals surface area contributed by atoms with E-state index in [1.165, 1.54) is 24.3 Å². The third kappa shape index (κ3) is 5.18. The molecule has 0 bridgehead atoms. The molecule has 1 aliphatic rings. The van der Waals surface area contributed by atoms with Gasteiger partial charge in [-0.05, 0) is 48.5 Å². The third-order valence-electron chi connectivity index (χ3n) is 3.90. The molecule has 3 amide bonds. The van der Waals surface area contributed by atoms with E-state index in [1.54, 1.807) is 29.2 Å². The number of rotatable bonds is 3. The number of benzene rings is 2. The van der Waals surface area contributed by atoms with Gasteiger partial charge in [-0.25, -0.2) is 9.18 Å². The molecule has 1 heterocycles. The Balaban J connectivity index is 0.00000243. The highest BCUT2D eigenvalue weighted by Gasteiger charge is 2.16. The molecule has 0 spiro atoms. The minimum atomic E-state index is -0.359. The maximum absolute atomic E-state index is 12.9. The third-order valence-corrected chi connectivity index (χ3v) is 3.90. The van der Waals surface area contributed by atoms with Gasteiger partial charge in [-0.15, -0.1) is 12.4 Å². The molecule has 1 saturated heterocycles. The van der Waals surface area contributed by atoms with E-state index in [1.807, 2.05) is 0 Å². The zero-order valence-corrected chi connectivity index (χ0v) is 14.8. The second kappa shape index (κ2) is 9.17. The van der Waals surface area contributed by atoms with E-state index < -0.39 is 0 Å². The van der Waals surface area contributed by atoms with Gasteiger partial charge in [-0.3, -0.25) is 4.79 Å². The molecule has 8 heteroatoms. The minimum absolute atomic E-state index is 0. The van der Waals surface area contributed by atoms with Gasteiger partial charge in [0.15, 0.2) is 0 Å². The Hall–Kier alpha value is -2.64. The lowest BCUT2D eigenvalue weighted by atomic mass is 10.2. The summed E-state index contributed by atoms with van der Waals surface area (Å²) in [5.41, 5.74) is 1.59. The number of nitrogens with one attached hydrogen (secondary N) is 3. The lowest BCUT2D eigenvalue weighted by Crippen LogP contribution is -2.48. The highest BCUT2D eigenvalue weighted by molar-refractivity contribution is 6.04. The van der Waals surface area contributed by atoms with Gasteiger partial charge in [-0.1, -0.05) is 0 Å². The molecule has 2 aromatic carbocycles. The standard InChI is InChI=1S/C18H19FN4O2.ClH/c19-14-3-7-15(8-4-14)21-17(24)13-1-5-16(6-2-13)22-18(25)23-11-9-20-10-12-23;/h1-8,20H,9-12H2,(H,21,24)(H,22,25);1H. The molecule has 1 aliphatic heterocycles. The summed E-state index contributed by atoms with van der Waals surface area (Å²) in [4.78, 5) is 26.0. The molecule has 3 rings (SSSR count). The number of anilines is 2. The molecule has 138 valence electrons. The van der Waals surface area contributed by atoms with E-state index in [-0.39, 0.29) is 30.2 Å². The summed E-state index contributed by atoms with van der Waals surface area (Å²) >= 11 is 0. The SMILES string of the molecule is Cl.O=C(Nc1ccc(F)cc1)c1ccc(NC(=O)N2CCNCC2)cc1. The number of urea groups is 1. The van der Waals surface area contributed by atoms with E-state index in [0.29, 0.717) is 30.0 Å². The molecule has 0 aromatic heterocycles. The monoisotopic (exact) mass is 378 g/mol. The summed E-state index contributed by atoms with van der Waals surface area (Å²) in [5, 5.41) is 8.70. The van der Waals surface area contributed by atoms with E-state index in [4.69, 9.17) is 0 Å². The summed E-state index contributed by atoms with van der Waals surface area (Å²) in [7, 11) is 0. The van der Waals surface area contributed by atoms with Gasteiger partial charge in [0.1, 0.15) is 5.82 Å². The van der Waals surface area contributed by atoms with Crippen LogP contribution in [0, 0.1) is 5.82 Å². The zero-order chi connectivity index (χ0) is 17.6. The molecule has 6 nitrogen and oxygen atoms in total. The molecule has 3 N–H and O–H groups in total. The number of hydrogen-bond donors (Lipinski definition) is 3. The first-order valence-electron chi connectivity index (χ1n) is 8.05. The van der Waals surface area contributed by atoms with Gasteiger partial charge >= 0.3 is 6.03 Å². The van der Waals surface area contributed by atoms with Crippen molar-refractivity contribution in [3.05, 3.63) is 59.9 Å². The number of carbonyl (C=O) groups is 2. The topological polar surface area (TPSA) is 73.5 Å². The number of hydrogen-bond acceptors (Lipinski definition) is 3. The first kappa shape index (κ1) is 19.7. The van der Waals surface area contributed by atoms with Crippen LogP contribution in [-0.4, -0.2) is 43.0 Å². The van der Waals surface area contributed by atoms with Crippen LogP contribution >= 0.6 is 12.4 Å². The molecular weight excluding hydrogens is 359 g/mol. The zero-order valence-electron chi connectivity index (χ0n) is 14.0. The largest absolute Gasteiger partial charge is 0.322 e. The van der Waals surface area contributed by atoms with E-state index in [0.717, 1.165) is 13.1 Å². The number of amides is 3. The van der Waals surface area contributed by atoms with Gasteiger partial charge in [-0.2, -0.15) is 0 Å². The number of carbonyl (C=O) groups excluding carboxylic acids is 2. The summed E-state index contributed by atoms with van der Waals surface area (Å²) < 4.78 is 12.9. The van der Waals surface area contributed by atoms with Crippen LogP contribution in [-0.2, 0) is 0 Å². The molecule has 0 saturated carbocycles. The van der Waals surface area contributed by atoms with E-state index >= 15 is 0 Å². The molecule has 26 heavy (non-hydrogen) atoms. The van der Waals surface area contributed by atoms with Gasteiger partial charge < -0.3 is 20.9 Å². The lowest BCUT2D eigenvalue weighted by molar-refractivity contribution is 0.102. The molecule has 0 radical (unpaired) electrons. The van der Waals surface area contributed by atoms with Crippen LogP contribution in [0.25, 0.3) is 0 Å². The fourth-order valence-electron chi connectivity index (χ4n) is 2.51. The molecule has 2 aromatic rings. The van der Waals surface area contributed by atoms with Crippen molar-refractivity contribution in [1.82, 2.24) is 10.2 Å². The van der Waals surface area contributed by atoms with Gasteiger partial charge in [0.05, 0.1) is 0 Å². The second-order valence-corrected chi connectivity index (χ2v) is 5.71. The quantitative estimate of drug-likeness (QED) is 0.768. The van der Waals surface area contributed by atoms with Crippen LogP contribution in [0.5, 0.6) is 0 Å². The highest BCUT2D eigenvalue weighted by Crippen LogP contribution is 2.14. The van der Waals surface area contributed by atoms with Crippen molar-refractivity contribution in [2.24, 2.45) is 0 Å². The normalized spacial score (nSPS) is 13.5. The number of halogens is 2. The first-order valence-corrected chi connectivity index (χ1v) is 8.05. The van der Waals surface area contributed by atoms with Crippen molar-refractivity contribution in [3.8, 4) is 0 Å². The van der Waals surface area contributed by atoms with Crippen molar-refractivity contribution in [2.45, 2.75) is 0 Å². The predicted molar refractivity (Wildman–Crippen MR) is 102 cm³/mol. The van der Waals surface area contributed by atoms with Crippen molar-refractivity contribution in [2.75, 3.05) is 36.8 Å². The van der Waals surface area contributed by atoms with E-state index in [9.17, 15) is 14.0 Å². The van der Waals surface area contributed by atoms with Crippen molar-refractivity contribution >= 4 is 35.7 Å². The average Bonchev–Trinajstić information content (AvgIpc) is 2.65. The fraction of sp³-hybridized carbons (Fsp3) is 0.222. The first-order chi connectivity index (χ1) is 12.1. The summed E-state index contributed by atoms with van der Waals surface area (Å²) in [6.07, 6.45) is 0. The second-order valence-electron chi connectivity index (χ2n) is 5.71. The van der Waals surface area contributed by atoms with E-state index in [2.05, 4.69) is 16.0 Å². The minimum Gasteiger partial charge on any atom is -0.322 e. The Morgan fingerprint density at radius 1 is 0.885 bits per heavy atom. The van der Waals surface area contributed by atoms with Crippen LogP contribution in [0.3, 0.4) is 0 Å². The van der Waals surface area contributed by atoms with Gasteiger partial charge in [0, 0.05) is 43.1 Å². The van der Waals surface area contributed by atoms with Crippen molar-refractivity contribution in [1.29, 1.82) is 0 Å². The van der Waals surface area contributed by atoms with Crippen LogP contribution in [0.2, 0.25) is 0 Å². The Kier molecular flexibility index (Phi) is 6.94. The summed E-state index contributed by atoms with van der Waals surface area (Å²) in [5.74, 6) is -0.658. The predicted octanol–water partition coefficient (Wildman–Crippen LogP) is 2.94. The Morgan fingerprint density at radius 2 is 1.42 bits per heavy atom. The Labute approximate surface area is 157 Å². The van der Waals surface area contributed by atoms with Crippen LogP contribution in [0.4, 0.5) is 20.6 Å². The van der Waals surface area contributed by atoms with Crippen molar-refractivity contribution < 1.29 is 14.0 Å². The fourth-order valence-corrected chi connectivity index (χ4v) is 2.51. The Morgan fingerprint density at radius 3 is 2.04 bits per heavy atom. The lowest BCUT2D eigenvalue weighted by Gasteiger charge is -2.27. The van der Waals surface area contributed by atoms with Gasteiger partial charge in [0.2, 0.25) is 0 Å². The molecule has 1 fully saturated rings. The highest BCUT2D eigenvalue weighted by atomic mass is 35.5. The van der Waals surface area contributed by atoms with Gasteiger partial charge in [0.25, 0.3) is 5.91 Å². The maximum Gasteiger partial charge on any atom is 0.321 e. The van der Waals surface area contributed by atoms with Crippen LogP contribution in [0.15, 0.2) is 48.5 Å². The summed E-state index contributed by atoms with van der Waals surface area (Å²) in [6.45, 7) is 2.92. The molecular formula is C18H20ClFN4O2. The number of piperazine rings is 1.